The largest absolute Gasteiger partial charge is 0.284 e. The number of nitrogens with zero attached hydrogens (tertiary/aromatic N) is 2. The minimum absolute atomic E-state index is 0.00209. The van der Waals surface area contributed by atoms with Crippen molar-refractivity contribution in [3.63, 3.8) is 0 Å². The summed E-state index contributed by atoms with van der Waals surface area (Å²) >= 11 is 6.38. The average molecular weight is 367 g/mol. The van der Waals surface area contributed by atoms with Crippen molar-refractivity contribution in [2.24, 2.45) is 0 Å². The summed E-state index contributed by atoms with van der Waals surface area (Å²) in [6.07, 6.45) is 0. The number of carbonyl (C=O) groups excluding carboxylic acids is 1. The number of hydrogen-bond acceptors (Lipinski definition) is 4. The van der Waals surface area contributed by atoms with Crippen LogP contribution in [0.5, 0.6) is 0 Å². The van der Waals surface area contributed by atoms with E-state index in [1.165, 1.54) is 11.3 Å². The quantitative estimate of drug-likeness (QED) is 0.667. The van der Waals surface area contributed by atoms with Crippen LogP contribution < -0.4 is 4.90 Å². The molecule has 0 fully saturated rings. The fraction of sp³-hybridized carbons (Fsp3) is 0.143. The predicted octanol–water partition coefficient (Wildman–Crippen LogP) is 4.79. The first-order chi connectivity index (χ1) is 9.69. The SMILES string of the molecule is CCN(C(=O)c1ccc(Br)s1)c1nc2ccccc2s1. The summed E-state index contributed by atoms with van der Waals surface area (Å²) in [5.74, 6) is 0.00209. The van der Waals surface area contributed by atoms with E-state index in [2.05, 4.69) is 20.9 Å². The Morgan fingerprint density at radius 3 is 2.70 bits per heavy atom. The number of hydrogen-bond donors (Lipinski definition) is 0. The predicted molar refractivity (Wildman–Crippen MR) is 89.0 cm³/mol. The van der Waals surface area contributed by atoms with E-state index in [4.69, 9.17) is 0 Å². The van der Waals surface area contributed by atoms with Gasteiger partial charge in [-0.2, -0.15) is 0 Å². The molecule has 3 rings (SSSR count). The number of aromatic nitrogens is 1. The van der Waals surface area contributed by atoms with Gasteiger partial charge in [-0.15, -0.1) is 11.3 Å². The maximum atomic E-state index is 12.5. The van der Waals surface area contributed by atoms with Crippen molar-refractivity contribution in [1.29, 1.82) is 0 Å². The van der Waals surface area contributed by atoms with E-state index in [0.29, 0.717) is 6.54 Å². The van der Waals surface area contributed by atoms with Crippen LogP contribution in [0.25, 0.3) is 10.2 Å². The molecule has 1 amide bonds. The summed E-state index contributed by atoms with van der Waals surface area (Å²) in [6.45, 7) is 2.57. The van der Waals surface area contributed by atoms with Crippen LogP contribution in [0, 0.1) is 0 Å². The summed E-state index contributed by atoms with van der Waals surface area (Å²) in [7, 11) is 0. The van der Waals surface area contributed by atoms with Crippen molar-refractivity contribution in [3.05, 3.63) is 45.1 Å². The lowest BCUT2D eigenvalue weighted by Crippen LogP contribution is -2.29. The number of rotatable bonds is 3. The normalized spacial score (nSPS) is 10.9. The van der Waals surface area contributed by atoms with Crippen LogP contribution in [-0.2, 0) is 0 Å². The number of thiazole rings is 1. The molecule has 0 saturated carbocycles. The standard InChI is InChI=1S/C14H11BrN2OS2/c1-2-17(13(18)11-7-8-12(15)19-11)14-16-9-5-3-4-6-10(9)20-14/h3-8H,2H2,1H3. The molecule has 3 nitrogen and oxygen atoms in total. The molecule has 0 unspecified atom stereocenters. The summed E-state index contributed by atoms with van der Waals surface area (Å²) in [5.41, 5.74) is 0.936. The molecule has 0 aliphatic carbocycles. The molecular weight excluding hydrogens is 356 g/mol. The van der Waals surface area contributed by atoms with Gasteiger partial charge in [0.05, 0.1) is 18.9 Å². The van der Waals surface area contributed by atoms with E-state index in [-0.39, 0.29) is 5.91 Å². The molecule has 102 valence electrons. The third kappa shape index (κ3) is 2.51. The highest BCUT2D eigenvalue weighted by Crippen LogP contribution is 2.31. The van der Waals surface area contributed by atoms with E-state index in [1.54, 1.807) is 16.2 Å². The van der Waals surface area contributed by atoms with Gasteiger partial charge in [0.15, 0.2) is 5.13 Å². The summed E-state index contributed by atoms with van der Waals surface area (Å²) in [6, 6.07) is 11.7. The molecule has 0 aliphatic rings. The highest BCUT2D eigenvalue weighted by molar-refractivity contribution is 9.11. The van der Waals surface area contributed by atoms with Crippen molar-refractivity contribution >= 4 is 59.9 Å². The first kappa shape index (κ1) is 13.7. The molecule has 6 heteroatoms. The lowest BCUT2D eigenvalue weighted by atomic mass is 10.3. The van der Waals surface area contributed by atoms with E-state index < -0.39 is 0 Å². The fourth-order valence-electron chi connectivity index (χ4n) is 1.90. The van der Waals surface area contributed by atoms with Gasteiger partial charge in [0.25, 0.3) is 5.91 Å². The van der Waals surface area contributed by atoms with Gasteiger partial charge in [-0.05, 0) is 47.1 Å². The zero-order valence-corrected chi connectivity index (χ0v) is 13.9. The van der Waals surface area contributed by atoms with E-state index in [1.807, 2.05) is 43.3 Å². The van der Waals surface area contributed by atoms with Crippen molar-refractivity contribution in [1.82, 2.24) is 4.98 Å². The van der Waals surface area contributed by atoms with Crippen LogP contribution >= 0.6 is 38.6 Å². The van der Waals surface area contributed by atoms with Crippen LogP contribution in [0.4, 0.5) is 5.13 Å². The Labute approximate surface area is 133 Å². The molecule has 3 aromatic rings. The second-order valence-electron chi connectivity index (χ2n) is 4.12. The second-order valence-corrected chi connectivity index (χ2v) is 7.59. The molecule has 1 aromatic carbocycles. The molecule has 0 N–H and O–H groups in total. The van der Waals surface area contributed by atoms with Gasteiger partial charge >= 0.3 is 0 Å². The first-order valence-corrected chi connectivity index (χ1v) is 8.54. The van der Waals surface area contributed by atoms with Crippen molar-refractivity contribution in [2.45, 2.75) is 6.92 Å². The Morgan fingerprint density at radius 1 is 1.25 bits per heavy atom. The fourth-order valence-corrected chi connectivity index (χ4v) is 4.27. The molecular formula is C14H11BrN2OS2. The van der Waals surface area contributed by atoms with Crippen molar-refractivity contribution in [2.75, 3.05) is 11.4 Å². The van der Waals surface area contributed by atoms with Crippen LogP contribution in [0.1, 0.15) is 16.6 Å². The molecule has 0 atom stereocenters. The minimum Gasteiger partial charge on any atom is -0.284 e. The number of benzene rings is 1. The Bertz CT molecular complexity index is 732. The zero-order chi connectivity index (χ0) is 14.1. The number of halogens is 1. The van der Waals surface area contributed by atoms with Crippen molar-refractivity contribution < 1.29 is 4.79 Å². The molecule has 0 aliphatic heterocycles. The van der Waals surface area contributed by atoms with Gasteiger partial charge in [-0.3, -0.25) is 9.69 Å². The first-order valence-electron chi connectivity index (χ1n) is 6.12. The van der Waals surface area contributed by atoms with Crippen LogP contribution in [0.15, 0.2) is 40.2 Å². The van der Waals surface area contributed by atoms with Crippen LogP contribution in [-0.4, -0.2) is 17.4 Å². The number of para-hydroxylation sites is 1. The lowest BCUT2D eigenvalue weighted by Gasteiger charge is -2.16. The Morgan fingerprint density at radius 2 is 2.05 bits per heavy atom. The van der Waals surface area contributed by atoms with E-state index in [9.17, 15) is 4.79 Å². The molecule has 0 spiro atoms. The topological polar surface area (TPSA) is 33.2 Å². The molecule has 2 heterocycles. The summed E-state index contributed by atoms with van der Waals surface area (Å²) in [5, 5.41) is 0.753. The van der Waals surface area contributed by atoms with Gasteiger partial charge in [0, 0.05) is 6.54 Å². The minimum atomic E-state index is 0.00209. The van der Waals surface area contributed by atoms with E-state index >= 15 is 0 Å². The lowest BCUT2D eigenvalue weighted by molar-refractivity contribution is 0.0992. The molecule has 0 saturated heterocycles. The molecule has 20 heavy (non-hydrogen) atoms. The molecule has 2 aromatic heterocycles. The Balaban J connectivity index is 1.98. The summed E-state index contributed by atoms with van der Waals surface area (Å²) in [4.78, 5) is 19.5. The number of anilines is 1. The molecule has 0 radical (unpaired) electrons. The van der Waals surface area contributed by atoms with Gasteiger partial charge in [0.1, 0.15) is 0 Å². The van der Waals surface area contributed by atoms with Gasteiger partial charge < -0.3 is 0 Å². The zero-order valence-electron chi connectivity index (χ0n) is 10.7. The highest BCUT2D eigenvalue weighted by atomic mass is 79.9. The maximum absolute atomic E-state index is 12.5. The number of fused-ring (bicyclic) bond motifs is 1. The third-order valence-electron chi connectivity index (χ3n) is 2.86. The maximum Gasteiger partial charge on any atom is 0.270 e. The Hall–Kier alpha value is -1.24. The summed E-state index contributed by atoms with van der Waals surface area (Å²) < 4.78 is 2.06. The monoisotopic (exact) mass is 366 g/mol. The smallest absolute Gasteiger partial charge is 0.270 e. The third-order valence-corrected chi connectivity index (χ3v) is 5.53. The Kier molecular flexibility index (Phi) is 3.87. The number of carbonyl (C=O) groups is 1. The second kappa shape index (κ2) is 5.63. The van der Waals surface area contributed by atoms with Crippen LogP contribution in [0.2, 0.25) is 0 Å². The average Bonchev–Trinajstić information content (AvgIpc) is 3.05. The highest BCUT2D eigenvalue weighted by Gasteiger charge is 2.20. The number of amides is 1. The van der Waals surface area contributed by atoms with E-state index in [0.717, 1.165) is 24.0 Å². The van der Waals surface area contributed by atoms with Gasteiger partial charge in [-0.1, -0.05) is 23.5 Å². The van der Waals surface area contributed by atoms with Crippen LogP contribution in [0.3, 0.4) is 0 Å². The molecule has 0 bridgehead atoms. The van der Waals surface area contributed by atoms with Gasteiger partial charge in [-0.25, -0.2) is 4.98 Å². The van der Waals surface area contributed by atoms with Gasteiger partial charge in [0.2, 0.25) is 0 Å². The number of thiophene rings is 1. The van der Waals surface area contributed by atoms with Crippen molar-refractivity contribution in [3.8, 4) is 0 Å².